The van der Waals surface area contributed by atoms with Crippen molar-refractivity contribution in [1.29, 1.82) is 0 Å². The van der Waals surface area contributed by atoms with Crippen molar-refractivity contribution in [2.45, 2.75) is 19.4 Å². The maximum atomic E-state index is 11.8. The summed E-state index contributed by atoms with van der Waals surface area (Å²) in [5, 5.41) is 0.583. The van der Waals surface area contributed by atoms with Crippen LogP contribution < -0.4 is 15.1 Å². The Morgan fingerprint density at radius 3 is 2.61 bits per heavy atom. The van der Waals surface area contributed by atoms with Gasteiger partial charge in [-0.2, -0.15) is 0 Å². The highest BCUT2D eigenvalue weighted by atomic mass is 16.5. The van der Waals surface area contributed by atoms with Crippen LogP contribution in [-0.2, 0) is 0 Å². The van der Waals surface area contributed by atoms with E-state index in [1.165, 1.54) is 18.0 Å². The van der Waals surface area contributed by atoms with Gasteiger partial charge in [0, 0.05) is 50.0 Å². The Hall–Kier alpha value is -2.79. The Kier molecular flexibility index (Phi) is 5.63. The minimum Gasteiger partial charge on any atom is -0.493 e. The van der Waals surface area contributed by atoms with Gasteiger partial charge < -0.3 is 14.1 Å². The van der Waals surface area contributed by atoms with Gasteiger partial charge in [0.05, 0.1) is 18.3 Å². The Morgan fingerprint density at radius 2 is 1.82 bits per heavy atom. The first-order chi connectivity index (χ1) is 13.7. The number of piperazine rings is 1. The summed E-state index contributed by atoms with van der Waals surface area (Å²) in [6.07, 6.45) is 2.38. The van der Waals surface area contributed by atoms with E-state index in [1.54, 1.807) is 12.1 Å². The molecule has 28 heavy (non-hydrogen) atoms. The van der Waals surface area contributed by atoms with Crippen LogP contribution in [0.3, 0.4) is 0 Å². The second kappa shape index (κ2) is 8.48. The molecule has 2 heterocycles. The van der Waals surface area contributed by atoms with Gasteiger partial charge in [0.1, 0.15) is 11.3 Å². The van der Waals surface area contributed by atoms with Crippen molar-refractivity contribution in [2.24, 2.45) is 0 Å². The summed E-state index contributed by atoms with van der Waals surface area (Å²) < 4.78 is 11.3. The highest BCUT2D eigenvalue weighted by Gasteiger charge is 2.21. The highest BCUT2D eigenvalue weighted by molar-refractivity contribution is 5.77. The maximum absolute atomic E-state index is 11.8. The summed E-state index contributed by atoms with van der Waals surface area (Å²) in [4.78, 5) is 16.7. The van der Waals surface area contributed by atoms with Crippen LogP contribution in [0.2, 0.25) is 0 Å². The third kappa shape index (κ3) is 4.20. The molecule has 1 aliphatic rings. The number of ether oxygens (including phenoxy) is 1. The number of hydrogen-bond donors (Lipinski definition) is 0. The number of anilines is 1. The number of hydrogen-bond acceptors (Lipinski definition) is 5. The predicted octanol–water partition coefficient (Wildman–Crippen LogP) is 3.77. The SMILES string of the molecule is CC(CCOc1ccc2c(=O)ccoc2c1)N1CCN(c2ccccc2)CC1. The fraction of sp³-hybridized carbons (Fsp3) is 0.348. The first-order valence-corrected chi connectivity index (χ1v) is 9.89. The summed E-state index contributed by atoms with van der Waals surface area (Å²) in [5.74, 6) is 0.739. The molecule has 3 aromatic rings. The third-order valence-corrected chi connectivity index (χ3v) is 5.50. The average molecular weight is 378 g/mol. The molecule has 1 unspecified atom stereocenters. The zero-order valence-electron chi connectivity index (χ0n) is 16.2. The molecule has 5 nitrogen and oxygen atoms in total. The average Bonchev–Trinajstić information content (AvgIpc) is 2.74. The van der Waals surface area contributed by atoms with Crippen LogP contribution in [0.25, 0.3) is 11.0 Å². The number of nitrogens with zero attached hydrogens (tertiary/aromatic N) is 2. The predicted molar refractivity (Wildman–Crippen MR) is 112 cm³/mol. The van der Waals surface area contributed by atoms with Gasteiger partial charge in [-0.25, -0.2) is 0 Å². The van der Waals surface area contributed by atoms with Crippen LogP contribution in [-0.4, -0.2) is 43.7 Å². The van der Waals surface area contributed by atoms with Crippen LogP contribution in [0.4, 0.5) is 5.69 Å². The molecule has 0 N–H and O–H groups in total. The van der Waals surface area contributed by atoms with E-state index >= 15 is 0 Å². The van der Waals surface area contributed by atoms with Gasteiger partial charge in [-0.1, -0.05) is 18.2 Å². The number of para-hydroxylation sites is 1. The van der Waals surface area contributed by atoms with Crippen molar-refractivity contribution in [3.05, 3.63) is 71.1 Å². The van der Waals surface area contributed by atoms with Crippen molar-refractivity contribution >= 4 is 16.7 Å². The molecular weight excluding hydrogens is 352 g/mol. The van der Waals surface area contributed by atoms with E-state index in [0.29, 0.717) is 23.6 Å². The van der Waals surface area contributed by atoms with Gasteiger partial charge in [-0.3, -0.25) is 9.69 Å². The lowest BCUT2D eigenvalue weighted by Crippen LogP contribution is -2.49. The van der Waals surface area contributed by atoms with E-state index in [2.05, 4.69) is 47.1 Å². The van der Waals surface area contributed by atoms with Gasteiger partial charge in [-0.15, -0.1) is 0 Å². The Bertz CT molecular complexity index is 962. The van der Waals surface area contributed by atoms with Gasteiger partial charge in [-0.05, 0) is 37.6 Å². The van der Waals surface area contributed by atoms with Gasteiger partial charge >= 0.3 is 0 Å². The Morgan fingerprint density at radius 1 is 1.04 bits per heavy atom. The highest BCUT2D eigenvalue weighted by Crippen LogP contribution is 2.20. The van der Waals surface area contributed by atoms with Crippen LogP contribution in [0.15, 0.2) is 70.1 Å². The number of benzene rings is 2. The first kappa shape index (κ1) is 18.6. The lowest BCUT2D eigenvalue weighted by atomic mass is 10.1. The van der Waals surface area contributed by atoms with Gasteiger partial charge in [0.25, 0.3) is 0 Å². The van der Waals surface area contributed by atoms with E-state index in [4.69, 9.17) is 9.15 Å². The summed E-state index contributed by atoms with van der Waals surface area (Å²) in [6.45, 7) is 7.15. The molecule has 1 fully saturated rings. The van der Waals surface area contributed by atoms with Crippen LogP contribution >= 0.6 is 0 Å². The van der Waals surface area contributed by atoms with Crippen molar-refractivity contribution in [3.8, 4) is 5.75 Å². The van der Waals surface area contributed by atoms with Crippen LogP contribution in [0, 0.1) is 0 Å². The molecule has 1 aromatic heterocycles. The molecule has 146 valence electrons. The molecule has 1 aliphatic heterocycles. The maximum Gasteiger partial charge on any atom is 0.192 e. The fourth-order valence-corrected chi connectivity index (χ4v) is 3.74. The second-order valence-electron chi connectivity index (χ2n) is 7.29. The van der Waals surface area contributed by atoms with E-state index < -0.39 is 0 Å². The van der Waals surface area contributed by atoms with Crippen LogP contribution in [0.1, 0.15) is 13.3 Å². The molecule has 1 atom stereocenters. The van der Waals surface area contributed by atoms with E-state index in [1.807, 2.05) is 6.07 Å². The molecular formula is C23H26N2O3. The molecule has 0 saturated carbocycles. The molecule has 5 heteroatoms. The quantitative estimate of drug-likeness (QED) is 0.653. The molecule has 1 saturated heterocycles. The summed E-state index contributed by atoms with van der Waals surface area (Å²) in [6, 6.07) is 17.9. The van der Waals surface area contributed by atoms with E-state index in [-0.39, 0.29) is 5.43 Å². The van der Waals surface area contributed by atoms with E-state index in [0.717, 1.165) is 38.3 Å². The third-order valence-electron chi connectivity index (χ3n) is 5.50. The molecule has 2 aromatic carbocycles. The lowest BCUT2D eigenvalue weighted by molar-refractivity contribution is 0.166. The first-order valence-electron chi connectivity index (χ1n) is 9.89. The fourth-order valence-electron chi connectivity index (χ4n) is 3.74. The largest absolute Gasteiger partial charge is 0.493 e. The Labute approximate surface area is 165 Å². The summed E-state index contributed by atoms with van der Waals surface area (Å²) in [5.41, 5.74) is 1.84. The number of rotatable bonds is 6. The topological polar surface area (TPSA) is 45.9 Å². The molecule has 0 amide bonds. The molecule has 0 bridgehead atoms. The molecule has 0 spiro atoms. The zero-order chi connectivity index (χ0) is 19.3. The molecule has 4 rings (SSSR count). The smallest absolute Gasteiger partial charge is 0.192 e. The van der Waals surface area contributed by atoms with Crippen molar-refractivity contribution in [1.82, 2.24) is 4.90 Å². The number of fused-ring (bicyclic) bond motifs is 1. The van der Waals surface area contributed by atoms with Gasteiger partial charge in [0.15, 0.2) is 5.43 Å². The van der Waals surface area contributed by atoms with E-state index in [9.17, 15) is 4.79 Å². The standard InChI is InChI=1S/C23H26N2O3/c1-18(24-11-13-25(14-12-24)19-5-3-2-4-6-19)9-15-27-20-7-8-21-22(26)10-16-28-23(21)17-20/h2-8,10,16-18H,9,11-15H2,1H3. The van der Waals surface area contributed by atoms with Crippen molar-refractivity contribution in [3.63, 3.8) is 0 Å². The monoisotopic (exact) mass is 378 g/mol. The normalized spacial score (nSPS) is 16.2. The summed E-state index contributed by atoms with van der Waals surface area (Å²) >= 11 is 0. The Balaban J connectivity index is 1.26. The lowest BCUT2D eigenvalue weighted by Gasteiger charge is -2.39. The van der Waals surface area contributed by atoms with Crippen LogP contribution in [0.5, 0.6) is 5.75 Å². The van der Waals surface area contributed by atoms with Crippen molar-refractivity contribution < 1.29 is 9.15 Å². The van der Waals surface area contributed by atoms with Gasteiger partial charge in [0.2, 0.25) is 0 Å². The zero-order valence-corrected chi connectivity index (χ0v) is 16.2. The second-order valence-corrected chi connectivity index (χ2v) is 7.29. The molecule has 0 radical (unpaired) electrons. The molecule has 0 aliphatic carbocycles. The minimum absolute atomic E-state index is 0.0314. The van der Waals surface area contributed by atoms with Crippen molar-refractivity contribution in [2.75, 3.05) is 37.7 Å². The minimum atomic E-state index is -0.0314. The summed E-state index contributed by atoms with van der Waals surface area (Å²) in [7, 11) is 0.